The molecule has 0 N–H and O–H groups in total. The Kier molecular flexibility index (Phi) is 6.25. The monoisotopic (exact) mass is 435 g/mol. The van der Waals surface area contributed by atoms with E-state index in [1.165, 1.54) is 32.2 Å². The first kappa shape index (κ1) is 22.5. The fourth-order valence-corrected chi connectivity index (χ4v) is 3.38. The van der Waals surface area contributed by atoms with Crippen molar-refractivity contribution in [1.82, 2.24) is 4.90 Å². The summed E-state index contributed by atoms with van der Waals surface area (Å²) in [5, 5.41) is 20.9. The van der Waals surface area contributed by atoms with Crippen LogP contribution < -0.4 is 4.74 Å². The quantitative estimate of drug-likeness (QED) is 0.289. The van der Waals surface area contributed by atoms with Crippen LogP contribution in [0.4, 0.5) is 5.69 Å². The van der Waals surface area contributed by atoms with E-state index in [1.54, 1.807) is 18.2 Å². The highest BCUT2D eigenvalue weighted by Gasteiger charge is 2.35. The van der Waals surface area contributed by atoms with E-state index in [1.807, 2.05) is 19.9 Å². The number of imide groups is 1. The van der Waals surface area contributed by atoms with Crippen LogP contribution in [0.2, 0.25) is 0 Å². The molecule has 0 saturated heterocycles. The van der Waals surface area contributed by atoms with Gasteiger partial charge < -0.3 is 9.15 Å². The molecule has 0 unspecified atom stereocenters. The van der Waals surface area contributed by atoms with Gasteiger partial charge in [0.05, 0.1) is 23.7 Å². The summed E-state index contributed by atoms with van der Waals surface area (Å²) in [6.45, 7) is 5.43. The first-order valence-electron chi connectivity index (χ1n) is 9.79. The number of hydrogen-bond acceptors (Lipinski definition) is 7. The van der Waals surface area contributed by atoms with Gasteiger partial charge >= 0.3 is 0 Å². The van der Waals surface area contributed by atoms with E-state index in [2.05, 4.69) is 0 Å². The second kappa shape index (κ2) is 8.89. The van der Waals surface area contributed by atoms with Crippen LogP contribution in [-0.2, 0) is 9.59 Å². The normalized spacial score (nSPS) is 15.5. The van der Waals surface area contributed by atoms with Crippen LogP contribution in [0.25, 0.3) is 17.4 Å². The number of furan rings is 1. The number of benzene rings is 1. The molecule has 2 amide bonds. The SMILES string of the molecule is COc1ccc(-c2ccc(/C=C3/C(=O)N(CC(C)C)C(=O)C(C#N)=C3C)o2)c([N+](=O)[O-])c1. The van der Waals surface area contributed by atoms with Crippen molar-refractivity contribution >= 4 is 23.6 Å². The molecule has 0 atom stereocenters. The van der Waals surface area contributed by atoms with Crippen molar-refractivity contribution in [3.8, 4) is 23.1 Å². The van der Waals surface area contributed by atoms with E-state index in [0.717, 1.165) is 4.90 Å². The number of carbonyl (C=O) groups is 2. The summed E-state index contributed by atoms with van der Waals surface area (Å²) in [6.07, 6.45) is 1.44. The van der Waals surface area contributed by atoms with Gasteiger partial charge in [-0.2, -0.15) is 5.26 Å². The topological polar surface area (TPSA) is 127 Å². The molecule has 0 aliphatic carbocycles. The Morgan fingerprint density at radius 2 is 1.97 bits per heavy atom. The summed E-state index contributed by atoms with van der Waals surface area (Å²) in [5.74, 6) is -0.297. The number of nitriles is 1. The second-order valence-corrected chi connectivity index (χ2v) is 7.63. The van der Waals surface area contributed by atoms with Crippen LogP contribution >= 0.6 is 0 Å². The maximum Gasteiger partial charge on any atom is 0.284 e. The minimum absolute atomic E-state index is 0.0216. The smallest absolute Gasteiger partial charge is 0.284 e. The standard InChI is InChI=1S/C23H21N3O6/c1-13(2)12-25-22(27)18(14(3)19(11-24)23(25)28)9-16-6-8-21(32-16)17-7-5-15(31-4)10-20(17)26(29)30/h5-10,13H,12H2,1-4H3/b18-9+. The lowest BCUT2D eigenvalue weighted by molar-refractivity contribution is -0.384. The molecule has 0 radical (unpaired) electrons. The van der Waals surface area contributed by atoms with Crippen molar-refractivity contribution in [1.29, 1.82) is 5.26 Å². The highest BCUT2D eigenvalue weighted by Crippen LogP contribution is 2.35. The number of nitro groups is 1. The Bertz CT molecular complexity index is 1210. The predicted octanol–water partition coefficient (Wildman–Crippen LogP) is 4.11. The number of rotatable bonds is 6. The van der Waals surface area contributed by atoms with Gasteiger partial charge in [-0.25, -0.2) is 0 Å². The van der Waals surface area contributed by atoms with Gasteiger partial charge in [-0.05, 0) is 48.8 Å². The Morgan fingerprint density at radius 1 is 1.25 bits per heavy atom. The molecule has 2 heterocycles. The molecule has 1 aromatic carbocycles. The van der Waals surface area contributed by atoms with Crippen molar-refractivity contribution in [2.24, 2.45) is 5.92 Å². The van der Waals surface area contributed by atoms with Gasteiger partial charge in [0.1, 0.15) is 28.9 Å². The van der Waals surface area contributed by atoms with Gasteiger partial charge in [-0.15, -0.1) is 0 Å². The van der Waals surface area contributed by atoms with E-state index >= 15 is 0 Å². The first-order chi connectivity index (χ1) is 15.2. The zero-order valence-electron chi connectivity index (χ0n) is 18.0. The van der Waals surface area contributed by atoms with E-state index in [0.29, 0.717) is 5.75 Å². The molecule has 9 heteroatoms. The zero-order valence-corrected chi connectivity index (χ0v) is 18.0. The number of amides is 2. The molecule has 1 aliphatic heterocycles. The highest BCUT2D eigenvalue weighted by atomic mass is 16.6. The summed E-state index contributed by atoms with van der Waals surface area (Å²) in [5.41, 5.74) is 0.372. The van der Waals surface area contributed by atoms with Gasteiger partial charge in [-0.1, -0.05) is 13.8 Å². The number of ether oxygens (including phenoxy) is 1. The molecule has 32 heavy (non-hydrogen) atoms. The Labute approximate surface area is 184 Å². The molecule has 3 rings (SSSR count). The average molecular weight is 435 g/mol. The molecule has 0 spiro atoms. The molecule has 1 aliphatic rings. The fourth-order valence-electron chi connectivity index (χ4n) is 3.38. The van der Waals surface area contributed by atoms with Crippen molar-refractivity contribution in [2.75, 3.05) is 13.7 Å². The summed E-state index contributed by atoms with van der Waals surface area (Å²) in [7, 11) is 1.41. The van der Waals surface area contributed by atoms with Crippen LogP contribution in [0.5, 0.6) is 5.75 Å². The number of methoxy groups -OCH3 is 1. The minimum Gasteiger partial charge on any atom is -0.497 e. The van der Waals surface area contributed by atoms with Gasteiger partial charge in [0.2, 0.25) is 0 Å². The zero-order chi connectivity index (χ0) is 23.6. The van der Waals surface area contributed by atoms with Gasteiger partial charge in [0.15, 0.2) is 0 Å². The lowest BCUT2D eigenvalue weighted by atomic mass is 9.94. The molecule has 0 bridgehead atoms. The average Bonchev–Trinajstić information content (AvgIpc) is 3.22. The van der Waals surface area contributed by atoms with E-state index in [9.17, 15) is 25.0 Å². The van der Waals surface area contributed by atoms with Crippen molar-refractivity contribution < 1.29 is 23.7 Å². The second-order valence-electron chi connectivity index (χ2n) is 7.63. The molecule has 0 fully saturated rings. The Hall–Kier alpha value is -4.19. The molecule has 2 aromatic rings. The fraction of sp³-hybridized carbons (Fsp3) is 0.261. The number of nitrogens with zero attached hydrogens (tertiary/aromatic N) is 3. The Morgan fingerprint density at radius 3 is 2.56 bits per heavy atom. The van der Waals surface area contributed by atoms with Crippen LogP contribution in [0.1, 0.15) is 26.5 Å². The predicted molar refractivity (Wildman–Crippen MR) is 115 cm³/mol. The molecule has 0 saturated carbocycles. The van der Waals surface area contributed by atoms with Gasteiger partial charge in [0, 0.05) is 12.1 Å². The molecule has 164 valence electrons. The number of carbonyl (C=O) groups excluding carboxylic acids is 2. The third-order valence-corrected chi connectivity index (χ3v) is 4.95. The number of hydrogen-bond donors (Lipinski definition) is 0. The molecular formula is C23H21N3O6. The third-order valence-electron chi connectivity index (χ3n) is 4.95. The lowest BCUT2D eigenvalue weighted by Crippen LogP contribution is -2.44. The lowest BCUT2D eigenvalue weighted by Gasteiger charge is -2.28. The van der Waals surface area contributed by atoms with Crippen molar-refractivity contribution in [3.63, 3.8) is 0 Å². The van der Waals surface area contributed by atoms with Gasteiger partial charge in [0.25, 0.3) is 17.5 Å². The summed E-state index contributed by atoms with van der Waals surface area (Å²) >= 11 is 0. The van der Waals surface area contributed by atoms with E-state index in [-0.39, 0.29) is 52.0 Å². The molecular weight excluding hydrogens is 414 g/mol. The number of nitro benzene ring substituents is 1. The van der Waals surface area contributed by atoms with Crippen molar-refractivity contribution in [3.05, 3.63) is 62.9 Å². The Balaban J connectivity index is 2.06. The largest absolute Gasteiger partial charge is 0.497 e. The van der Waals surface area contributed by atoms with Crippen LogP contribution in [0.15, 0.2) is 51.5 Å². The van der Waals surface area contributed by atoms with Gasteiger partial charge in [-0.3, -0.25) is 24.6 Å². The minimum atomic E-state index is -0.616. The summed E-state index contributed by atoms with van der Waals surface area (Å²) in [4.78, 5) is 37.5. The maximum absolute atomic E-state index is 13.0. The van der Waals surface area contributed by atoms with E-state index in [4.69, 9.17) is 9.15 Å². The summed E-state index contributed by atoms with van der Waals surface area (Å²) < 4.78 is 10.8. The molecule has 9 nitrogen and oxygen atoms in total. The molecule has 1 aromatic heterocycles. The van der Waals surface area contributed by atoms with E-state index < -0.39 is 16.7 Å². The van der Waals surface area contributed by atoms with Crippen LogP contribution in [0, 0.1) is 27.4 Å². The van der Waals surface area contributed by atoms with Crippen molar-refractivity contribution in [2.45, 2.75) is 20.8 Å². The van der Waals surface area contributed by atoms with Crippen LogP contribution in [0.3, 0.4) is 0 Å². The summed E-state index contributed by atoms with van der Waals surface area (Å²) in [6, 6.07) is 9.38. The van der Waals surface area contributed by atoms with Crippen LogP contribution in [-0.4, -0.2) is 35.3 Å². The first-order valence-corrected chi connectivity index (χ1v) is 9.79. The third kappa shape index (κ3) is 4.16. The maximum atomic E-state index is 13.0. The highest BCUT2D eigenvalue weighted by molar-refractivity contribution is 6.19.